The van der Waals surface area contributed by atoms with E-state index in [0.29, 0.717) is 36.1 Å². The lowest BCUT2D eigenvalue weighted by atomic mass is 10.1. The SMILES string of the molecule is COc1ccccc1OCCOc1ccc(C=C(C#N)C(=O)Nc2ccc(C)cc2)cc1. The molecule has 0 aromatic heterocycles. The van der Waals surface area contributed by atoms with Crippen molar-refractivity contribution in [2.75, 3.05) is 25.6 Å². The predicted molar refractivity (Wildman–Crippen MR) is 124 cm³/mol. The van der Waals surface area contributed by atoms with Gasteiger partial charge in [0.25, 0.3) is 5.91 Å². The van der Waals surface area contributed by atoms with Crippen molar-refractivity contribution >= 4 is 17.7 Å². The second kappa shape index (κ2) is 11.2. The number of nitrogens with zero attached hydrogens (tertiary/aromatic N) is 1. The van der Waals surface area contributed by atoms with Gasteiger partial charge in [0.05, 0.1) is 7.11 Å². The number of carbonyl (C=O) groups excluding carboxylic acids is 1. The van der Waals surface area contributed by atoms with Crippen LogP contribution in [0.3, 0.4) is 0 Å². The number of para-hydroxylation sites is 2. The summed E-state index contributed by atoms with van der Waals surface area (Å²) in [6.07, 6.45) is 1.54. The molecule has 1 N–H and O–H groups in total. The van der Waals surface area contributed by atoms with Crippen molar-refractivity contribution in [2.45, 2.75) is 6.92 Å². The lowest BCUT2D eigenvalue weighted by Gasteiger charge is -2.11. The molecule has 0 heterocycles. The van der Waals surface area contributed by atoms with Crippen LogP contribution in [0.4, 0.5) is 5.69 Å². The van der Waals surface area contributed by atoms with Crippen molar-refractivity contribution in [1.82, 2.24) is 0 Å². The van der Waals surface area contributed by atoms with Crippen LogP contribution in [0.1, 0.15) is 11.1 Å². The van der Waals surface area contributed by atoms with E-state index in [4.69, 9.17) is 14.2 Å². The molecular weight excluding hydrogens is 404 g/mol. The molecule has 0 radical (unpaired) electrons. The van der Waals surface area contributed by atoms with E-state index in [1.165, 1.54) is 6.08 Å². The van der Waals surface area contributed by atoms with Gasteiger partial charge in [-0.2, -0.15) is 5.26 Å². The quantitative estimate of drug-likeness (QED) is 0.294. The number of carbonyl (C=O) groups is 1. The normalized spacial score (nSPS) is 10.7. The number of ether oxygens (including phenoxy) is 3. The summed E-state index contributed by atoms with van der Waals surface area (Å²) >= 11 is 0. The van der Waals surface area contributed by atoms with Crippen molar-refractivity contribution in [3.05, 3.63) is 89.5 Å². The Morgan fingerprint density at radius 2 is 1.59 bits per heavy atom. The Morgan fingerprint density at radius 3 is 2.25 bits per heavy atom. The van der Waals surface area contributed by atoms with Gasteiger partial charge in [-0.15, -0.1) is 0 Å². The second-order valence-electron chi connectivity index (χ2n) is 6.91. The average molecular weight is 428 g/mol. The van der Waals surface area contributed by atoms with E-state index in [9.17, 15) is 10.1 Å². The molecule has 0 aliphatic carbocycles. The molecule has 0 bridgehead atoms. The van der Waals surface area contributed by atoms with E-state index in [0.717, 1.165) is 11.1 Å². The topological polar surface area (TPSA) is 80.6 Å². The monoisotopic (exact) mass is 428 g/mol. The van der Waals surface area contributed by atoms with Gasteiger partial charge in [0.15, 0.2) is 11.5 Å². The van der Waals surface area contributed by atoms with E-state index in [1.807, 2.05) is 49.4 Å². The Labute approximate surface area is 187 Å². The number of benzene rings is 3. The molecule has 0 unspecified atom stereocenters. The van der Waals surface area contributed by atoms with E-state index >= 15 is 0 Å². The van der Waals surface area contributed by atoms with Crippen LogP contribution in [0, 0.1) is 18.3 Å². The van der Waals surface area contributed by atoms with Crippen LogP contribution in [-0.4, -0.2) is 26.2 Å². The molecule has 162 valence electrons. The van der Waals surface area contributed by atoms with Crippen LogP contribution < -0.4 is 19.5 Å². The molecule has 3 aromatic rings. The summed E-state index contributed by atoms with van der Waals surface area (Å²) in [4.78, 5) is 12.4. The molecular formula is C26H24N2O4. The van der Waals surface area contributed by atoms with Gasteiger partial charge >= 0.3 is 0 Å². The molecule has 0 spiro atoms. The second-order valence-corrected chi connectivity index (χ2v) is 6.91. The smallest absolute Gasteiger partial charge is 0.266 e. The molecule has 32 heavy (non-hydrogen) atoms. The lowest BCUT2D eigenvalue weighted by molar-refractivity contribution is -0.112. The van der Waals surface area contributed by atoms with Crippen molar-refractivity contribution < 1.29 is 19.0 Å². The zero-order chi connectivity index (χ0) is 22.8. The fourth-order valence-corrected chi connectivity index (χ4v) is 2.86. The molecule has 0 saturated carbocycles. The first-order valence-corrected chi connectivity index (χ1v) is 10.1. The number of anilines is 1. The lowest BCUT2D eigenvalue weighted by Crippen LogP contribution is -2.13. The van der Waals surface area contributed by atoms with Gasteiger partial charge in [0, 0.05) is 5.69 Å². The molecule has 0 aliphatic heterocycles. The van der Waals surface area contributed by atoms with Crippen LogP contribution >= 0.6 is 0 Å². The van der Waals surface area contributed by atoms with E-state index < -0.39 is 5.91 Å². The highest BCUT2D eigenvalue weighted by atomic mass is 16.5. The standard InChI is InChI=1S/C26H24N2O4/c1-19-7-11-22(12-8-19)28-26(29)21(18-27)17-20-9-13-23(14-10-20)31-15-16-32-25-6-4-3-5-24(25)30-2/h3-14,17H,15-16H2,1-2H3,(H,28,29). The first kappa shape index (κ1) is 22.4. The summed E-state index contributed by atoms with van der Waals surface area (Å²) in [7, 11) is 1.60. The molecule has 0 aliphatic rings. The highest BCUT2D eigenvalue weighted by molar-refractivity contribution is 6.09. The minimum atomic E-state index is -0.454. The minimum absolute atomic E-state index is 0.0180. The zero-order valence-electron chi connectivity index (χ0n) is 18.0. The van der Waals surface area contributed by atoms with Gasteiger partial charge in [-0.25, -0.2) is 0 Å². The number of methoxy groups -OCH3 is 1. The number of amides is 1. The fraction of sp³-hybridized carbons (Fsp3) is 0.154. The maximum Gasteiger partial charge on any atom is 0.266 e. The number of hydrogen-bond donors (Lipinski definition) is 1. The first-order valence-electron chi connectivity index (χ1n) is 10.1. The summed E-state index contributed by atoms with van der Waals surface area (Å²) < 4.78 is 16.6. The third kappa shape index (κ3) is 6.38. The van der Waals surface area contributed by atoms with Crippen LogP contribution in [-0.2, 0) is 4.79 Å². The Bertz CT molecular complexity index is 1110. The highest BCUT2D eigenvalue weighted by Gasteiger charge is 2.09. The molecule has 3 rings (SSSR count). The van der Waals surface area contributed by atoms with E-state index in [-0.39, 0.29) is 5.57 Å². The van der Waals surface area contributed by atoms with Crippen molar-refractivity contribution in [2.24, 2.45) is 0 Å². The maximum atomic E-state index is 12.4. The molecule has 6 nitrogen and oxygen atoms in total. The third-order valence-corrected chi connectivity index (χ3v) is 4.54. The van der Waals surface area contributed by atoms with Crippen LogP contribution in [0.15, 0.2) is 78.4 Å². The van der Waals surface area contributed by atoms with Gasteiger partial charge in [-0.05, 0) is 55.0 Å². The Hall–Kier alpha value is -4.24. The summed E-state index contributed by atoms with van der Waals surface area (Å²) in [5, 5.41) is 12.1. The molecule has 0 fully saturated rings. The molecule has 6 heteroatoms. The van der Waals surface area contributed by atoms with Crippen molar-refractivity contribution in [3.63, 3.8) is 0 Å². The Balaban J connectivity index is 1.53. The number of nitrogens with one attached hydrogen (secondary N) is 1. The van der Waals surface area contributed by atoms with Crippen LogP contribution in [0.5, 0.6) is 17.2 Å². The van der Waals surface area contributed by atoms with Gasteiger partial charge in [0.1, 0.15) is 30.6 Å². The number of hydrogen-bond acceptors (Lipinski definition) is 5. The van der Waals surface area contributed by atoms with Crippen molar-refractivity contribution in [3.8, 4) is 23.3 Å². The number of rotatable bonds is 9. The largest absolute Gasteiger partial charge is 0.493 e. The minimum Gasteiger partial charge on any atom is -0.493 e. The van der Waals surface area contributed by atoms with Crippen LogP contribution in [0.2, 0.25) is 0 Å². The summed E-state index contributed by atoms with van der Waals surface area (Å²) in [6, 6.07) is 23.9. The Kier molecular flexibility index (Phi) is 7.88. The molecule has 0 saturated heterocycles. The Morgan fingerprint density at radius 1 is 0.938 bits per heavy atom. The van der Waals surface area contributed by atoms with Gasteiger partial charge in [-0.3, -0.25) is 4.79 Å². The summed E-state index contributed by atoms with van der Waals surface area (Å²) in [5.41, 5.74) is 2.47. The maximum absolute atomic E-state index is 12.4. The number of nitriles is 1. The van der Waals surface area contributed by atoms with Gasteiger partial charge in [0.2, 0.25) is 0 Å². The predicted octanol–water partition coefficient (Wildman–Crippen LogP) is 5.01. The summed E-state index contributed by atoms with van der Waals surface area (Å²) in [5.74, 6) is 1.54. The zero-order valence-corrected chi connectivity index (χ0v) is 18.0. The molecule has 0 atom stereocenters. The molecule has 3 aromatic carbocycles. The van der Waals surface area contributed by atoms with Crippen LogP contribution in [0.25, 0.3) is 6.08 Å². The highest BCUT2D eigenvalue weighted by Crippen LogP contribution is 2.25. The van der Waals surface area contributed by atoms with Gasteiger partial charge in [-0.1, -0.05) is 42.0 Å². The fourth-order valence-electron chi connectivity index (χ4n) is 2.86. The van der Waals surface area contributed by atoms with E-state index in [1.54, 1.807) is 43.5 Å². The summed E-state index contributed by atoms with van der Waals surface area (Å²) in [6.45, 7) is 2.68. The number of aryl methyl sites for hydroxylation is 1. The third-order valence-electron chi connectivity index (χ3n) is 4.54. The molecule has 1 amide bonds. The average Bonchev–Trinajstić information content (AvgIpc) is 2.82. The van der Waals surface area contributed by atoms with Gasteiger partial charge < -0.3 is 19.5 Å². The first-order chi connectivity index (χ1) is 15.6. The van der Waals surface area contributed by atoms with Crippen molar-refractivity contribution in [1.29, 1.82) is 5.26 Å². The van der Waals surface area contributed by atoms with E-state index in [2.05, 4.69) is 5.32 Å².